The van der Waals surface area contributed by atoms with Gasteiger partial charge in [0.15, 0.2) is 0 Å². The molecule has 0 aliphatic heterocycles. The number of rotatable bonds is 4. The van der Waals surface area contributed by atoms with Gasteiger partial charge in [0.1, 0.15) is 22.9 Å². The molecular weight excluding hydrogens is 418 g/mol. The number of carboxylic acid groups (broad SMARTS) is 1. The van der Waals surface area contributed by atoms with E-state index in [9.17, 15) is 23.5 Å². The maximum Gasteiger partial charge on any atom is 0.353 e. The lowest BCUT2D eigenvalue weighted by molar-refractivity contribution is 0.0687. The SMILES string of the molecule is Cc1cccc(Cn2c(C(=O)O)c(-c3ccc[nH]c3=O)c3c4occc4c(F)cc32)c1F. The molecule has 3 aromatic heterocycles. The van der Waals surface area contributed by atoms with E-state index in [0.717, 1.165) is 0 Å². The standard InChI is InChI=1S/C24H16F2N2O4/c1-12-4-2-5-13(20(12)26)11-28-17-10-16(25)14-7-9-32-22(14)19(17)18(21(28)24(30)31)15-6-3-8-27-23(15)29/h2-10H,11H2,1H3,(H,27,29)(H,30,31). The molecule has 2 aromatic carbocycles. The lowest BCUT2D eigenvalue weighted by Crippen LogP contribution is -2.14. The van der Waals surface area contributed by atoms with Gasteiger partial charge in [0, 0.05) is 17.3 Å². The molecule has 5 aromatic rings. The minimum atomic E-state index is -1.34. The molecule has 0 spiro atoms. The molecule has 0 atom stereocenters. The van der Waals surface area contributed by atoms with Gasteiger partial charge in [-0.05, 0) is 36.8 Å². The van der Waals surface area contributed by atoms with Crippen molar-refractivity contribution in [3.63, 3.8) is 0 Å². The maximum absolute atomic E-state index is 14.9. The van der Waals surface area contributed by atoms with E-state index >= 15 is 0 Å². The van der Waals surface area contributed by atoms with Gasteiger partial charge in [-0.1, -0.05) is 18.2 Å². The van der Waals surface area contributed by atoms with Gasteiger partial charge < -0.3 is 19.1 Å². The molecule has 8 heteroatoms. The normalized spacial score (nSPS) is 11.5. The third kappa shape index (κ3) is 2.84. The van der Waals surface area contributed by atoms with Crippen LogP contribution in [0.3, 0.4) is 0 Å². The Hall–Kier alpha value is -4.20. The number of hydrogen-bond donors (Lipinski definition) is 2. The quantitative estimate of drug-likeness (QED) is 0.413. The Kier molecular flexibility index (Phi) is 4.44. The van der Waals surface area contributed by atoms with Crippen LogP contribution in [0.25, 0.3) is 33.0 Å². The molecule has 0 radical (unpaired) electrons. The number of pyridine rings is 1. The Bertz CT molecular complexity index is 1590. The molecule has 2 N–H and O–H groups in total. The fourth-order valence-electron chi connectivity index (χ4n) is 4.17. The predicted molar refractivity (Wildman–Crippen MR) is 115 cm³/mol. The molecule has 0 bridgehead atoms. The second-order valence-electron chi connectivity index (χ2n) is 7.49. The van der Waals surface area contributed by atoms with Gasteiger partial charge in [-0.3, -0.25) is 4.79 Å². The van der Waals surface area contributed by atoms with Crippen LogP contribution in [0.15, 0.2) is 64.1 Å². The van der Waals surface area contributed by atoms with Crippen molar-refractivity contribution in [3.05, 3.63) is 93.7 Å². The molecule has 5 rings (SSSR count). The van der Waals surface area contributed by atoms with E-state index in [1.807, 2.05) is 0 Å². The van der Waals surface area contributed by atoms with Gasteiger partial charge in [0.05, 0.1) is 34.7 Å². The largest absolute Gasteiger partial charge is 0.477 e. The molecule has 0 saturated heterocycles. The number of carboxylic acids is 1. The first kappa shape index (κ1) is 19.7. The Balaban J connectivity index is 1.96. The van der Waals surface area contributed by atoms with Gasteiger partial charge in [-0.25, -0.2) is 13.6 Å². The smallest absolute Gasteiger partial charge is 0.353 e. The summed E-state index contributed by atoms with van der Waals surface area (Å²) >= 11 is 0. The molecule has 3 heterocycles. The second-order valence-corrected chi connectivity index (χ2v) is 7.49. The number of H-pyrrole nitrogens is 1. The lowest BCUT2D eigenvalue weighted by atomic mass is 10.0. The molecule has 32 heavy (non-hydrogen) atoms. The van der Waals surface area contributed by atoms with Gasteiger partial charge in [-0.15, -0.1) is 0 Å². The van der Waals surface area contributed by atoms with E-state index in [-0.39, 0.29) is 50.8 Å². The van der Waals surface area contributed by atoms with Crippen LogP contribution in [0.4, 0.5) is 8.78 Å². The molecule has 6 nitrogen and oxygen atoms in total. The summed E-state index contributed by atoms with van der Waals surface area (Å²) in [4.78, 5) is 27.6. The summed E-state index contributed by atoms with van der Waals surface area (Å²) in [7, 11) is 0. The Labute approximate surface area is 179 Å². The van der Waals surface area contributed by atoms with E-state index in [0.29, 0.717) is 5.56 Å². The molecular formula is C24H16F2N2O4. The van der Waals surface area contributed by atoms with Crippen molar-refractivity contribution in [3.8, 4) is 11.1 Å². The number of aromatic carboxylic acids is 1. The van der Waals surface area contributed by atoms with Crippen LogP contribution >= 0.6 is 0 Å². The van der Waals surface area contributed by atoms with Crippen molar-refractivity contribution in [2.24, 2.45) is 0 Å². The summed E-state index contributed by atoms with van der Waals surface area (Å²) in [6.45, 7) is 1.42. The number of carbonyl (C=O) groups is 1. The van der Waals surface area contributed by atoms with E-state index < -0.39 is 23.2 Å². The Morgan fingerprint density at radius 2 is 2.00 bits per heavy atom. The average molecular weight is 434 g/mol. The highest BCUT2D eigenvalue weighted by molar-refractivity contribution is 6.17. The third-order valence-electron chi connectivity index (χ3n) is 5.61. The Morgan fingerprint density at radius 3 is 2.75 bits per heavy atom. The topological polar surface area (TPSA) is 88.2 Å². The van der Waals surface area contributed by atoms with E-state index in [4.69, 9.17) is 4.42 Å². The minimum absolute atomic E-state index is 0.0855. The van der Waals surface area contributed by atoms with Crippen LogP contribution in [0.1, 0.15) is 21.6 Å². The zero-order valence-corrected chi connectivity index (χ0v) is 16.8. The summed E-state index contributed by atoms with van der Waals surface area (Å²) in [6.07, 6.45) is 2.72. The summed E-state index contributed by atoms with van der Waals surface area (Å²) in [5, 5.41) is 10.6. The number of aromatic nitrogens is 2. The first-order chi connectivity index (χ1) is 15.4. The van der Waals surface area contributed by atoms with Crippen molar-refractivity contribution < 1.29 is 23.1 Å². The minimum Gasteiger partial charge on any atom is -0.477 e. The first-order valence-electron chi connectivity index (χ1n) is 9.75. The molecule has 0 fully saturated rings. The number of hydrogen-bond acceptors (Lipinski definition) is 3. The van der Waals surface area contributed by atoms with E-state index in [2.05, 4.69) is 4.98 Å². The molecule has 0 amide bonds. The fraction of sp³-hybridized carbons (Fsp3) is 0.0833. The van der Waals surface area contributed by atoms with Gasteiger partial charge >= 0.3 is 5.97 Å². The number of benzene rings is 2. The number of fused-ring (bicyclic) bond motifs is 3. The van der Waals surface area contributed by atoms with Gasteiger partial charge in [0.25, 0.3) is 5.56 Å². The van der Waals surface area contributed by atoms with Gasteiger partial charge in [0.2, 0.25) is 0 Å². The molecule has 160 valence electrons. The van der Waals surface area contributed by atoms with Crippen molar-refractivity contribution >= 4 is 27.8 Å². The highest BCUT2D eigenvalue weighted by atomic mass is 19.1. The van der Waals surface area contributed by atoms with Crippen molar-refractivity contribution in [2.75, 3.05) is 0 Å². The number of aromatic amines is 1. The highest BCUT2D eigenvalue weighted by Crippen LogP contribution is 2.40. The summed E-state index contributed by atoms with van der Waals surface area (Å²) < 4.78 is 36.5. The number of aryl methyl sites for hydroxylation is 1. The van der Waals surface area contributed by atoms with Crippen molar-refractivity contribution in [2.45, 2.75) is 13.5 Å². The van der Waals surface area contributed by atoms with Crippen LogP contribution in [0.2, 0.25) is 0 Å². The first-order valence-corrected chi connectivity index (χ1v) is 9.75. The van der Waals surface area contributed by atoms with Crippen LogP contribution in [-0.2, 0) is 6.54 Å². The highest BCUT2D eigenvalue weighted by Gasteiger charge is 2.29. The van der Waals surface area contributed by atoms with E-state index in [1.54, 1.807) is 25.1 Å². The van der Waals surface area contributed by atoms with Gasteiger partial charge in [-0.2, -0.15) is 0 Å². The number of nitrogens with zero attached hydrogens (tertiary/aromatic N) is 1. The summed E-state index contributed by atoms with van der Waals surface area (Å²) in [6, 6.07) is 10.5. The number of halogens is 2. The fourth-order valence-corrected chi connectivity index (χ4v) is 4.17. The maximum atomic E-state index is 14.9. The zero-order chi connectivity index (χ0) is 22.6. The second kappa shape index (κ2) is 7.19. The van der Waals surface area contributed by atoms with Crippen LogP contribution in [0.5, 0.6) is 0 Å². The molecule has 0 saturated carbocycles. The Morgan fingerprint density at radius 1 is 1.19 bits per heavy atom. The van der Waals surface area contributed by atoms with Crippen LogP contribution < -0.4 is 5.56 Å². The average Bonchev–Trinajstić information content (AvgIpc) is 3.36. The molecule has 0 unspecified atom stereocenters. The summed E-state index contributed by atoms with van der Waals surface area (Å²) in [5.41, 5.74) is 0.324. The molecule has 0 aliphatic carbocycles. The predicted octanol–water partition coefficient (Wildman–Crippen LogP) is 5.08. The number of furan rings is 1. The van der Waals surface area contributed by atoms with Crippen LogP contribution in [-0.4, -0.2) is 20.6 Å². The van der Waals surface area contributed by atoms with Crippen LogP contribution in [0, 0.1) is 18.6 Å². The monoisotopic (exact) mass is 434 g/mol. The lowest BCUT2D eigenvalue weighted by Gasteiger charge is -2.11. The zero-order valence-electron chi connectivity index (χ0n) is 16.8. The van der Waals surface area contributed by atoms with Crippen molar-refractivity contribution in [1.29, 1.82) is 0 Å². The number of nitrogens with one attached hydrogen (secondary N) is 1. The summed E-state index contributed by atoms with van der Waals surface area (Å²) in [5.74, 6) is -2.44. The molecule has 0 aliphatic rings. The van der Waals surface area contributed by atoms with Crippen molar-refractivity contribution in [1.82, 2.24) is 9.55 Å². The third-order valence-corrected chi connectivity index (χ3v) is 5.61. The van der Waals surface area contributed by atoms with E-state index in [1.165, 1.54) is 41.3 Å².